The van der Waals surface area contributed by atoms with Crippen molar-refractivity contribution in [3.05, 3.63) is 12.2 Å². The van der Waals surface area contributed by atoms with Crippen molar-refractivity contribution in [1.82, 2.24) is 10.2 Å². The van der Waals surface area contributed by atoms with Crippen molar-refractivity contribution >= 4 is 11.8 Å². The Kier molecular flexibility index (Phi) is 4.39. The summed E-state index contributed by atoms with van der Waals surface area (Å²) in [6, 6.07) is -0.296. The van der Waals surface area contributed by atoms with Crippen molar-refractivity contribution in [3.63, 3.8) is 0 Å². The van der Waals surface area contributed by atoms with Crippen molar-refractivity contribution in [2.75, 3.05) is 13.1 Å². The summed E-state index contributed by atoms with van der Waals surface area (Å²) in [7, 11) is 0. The number of hydrogen-bond donors (Lipinski definition) is 1. The number of rotatable bonds is 4. The number of amides is 2. The lowest BCUT2D eigenvalue weighted by Crippen LogP contribution is -2.58. The Morgan fingerprint density at radius 1 is 1.39 bits per heavy atom. The summed E-state index contributed by atoms with van der Waals surface area (Å²) in [5, 5.41) is 2.79. The van der Waals surface area contributed by atoms with Crippen LogP contribution in [0.5, 0.6) is 0 Å². The summed E-state index contributed by atoms with van der Waals surface area (Å²) < 4.78 is 0. The molecule has 1 N–H and O–H groups in total. The Morgan fingerprint density at radius 3 is 2.89 bits per heavy atom. The minimum Gasteiger partial charge on any atom is -0.343 e. The van der Waals surface area contributed by atoms with Crippen LogP contribution >= 0.6 is 0 Å². The Bertz CT molecular complexity index is 352. The lowest BCUT2D eigenvalue weighted by Gasteiger charge is -2.35. The maximum absolute atomic E-state index is 12.2. The van der Waals surface area contributed by atoms with Crippen LogP contribution in [0.15, 0.2) is 12.2 Å². The molecule has 18 heavy (non-hydrogen) atoms. The third-order valence-corrected chi connectivity index (χ3v) is 3.71. The number of piperazine rings is 1. The molecule has 2 unspecified atom stereocenters. The zero-order valence-corrected chi connectivity index (χ0v) is 11.0. The van der Waals surface area contributed by atoms with Gasteiger partial charge in [-0.3, -0.25) is 9.59 Å². The van der Waals surface area contributed by atoms with Gasteiger partial charge in [0.2, 0.25) is 11.8 Å². The van der Waals surface area contributed by atoms with E-state index in [0.29, 0.717) is 5.92 Å². The molecular formula is C14H22N2O2. The van der Waals surface area contributed by atoms with Crippen molar-refractivity contribution in [2.45, 2.75) is 45.1 Å². The Morgan fingerprint density at radius 2 is 2.22 bits per heavy atom. The van der Waals surface area contributed by atoms with Crippen LogP contribution < -0.4 is 5.32 Å². The first-order chi connectivity index (χ1) is 8.70. The fourth-order valence-electron chi connectivity index (χ4n) is 2.75. The number of hydrogen-bond acceptors (Lipinski definition) is 2. The van der Waals surface area contributed by atoms with Crippen LogP contribution in [0, 0.1) is 5.92 Å². The number of nitrogens with zero attached hydrogens (tertiary/aromatic N) is 1. The molecule has 0 aromatic rings. The molecule has 2 amide bonds. The zero-order chi connectivity index (χ0) is 13.0. The van der Waals surface area contributed by atoms with Gasteiger partial charge in [-0.1, -0.05) is 25.5 Å². The number of carbonyl (C=O) groups excluding carboxylic acids is 2. The highest BCUT2D eigenvalue weighted by atomic mass is 16.2. The molecule has 2 aliphatic rings. The molecule has 0 radical (unpaired) electrons. The largest absolute Gasteiger partial charge is 0.343 e. The first kappa shape index (κ1) is 13.1. The summed E-state index contributed by atoms with van der Waals surface area (Å²) in [4.78, 5) is 25.6. The van der Waals surface area contributed by atoms with Crippen LogP contribution in [-0.4, -0.2) is 35.8 Å². The summed E-state index contributed by atoms with van der Waals surface area (Å²) >= 11 is 0. The highest BCUT2D eigenvalue weighted by Gasteiger charge is 2.32. The highest BCUT2D eigenvalue weighted by molar-refractivity contribution is 5.94. The second-order valence-corrected chi connectivity index (χ2v) is 5.28. The van der Waals surface area contributed by atoms with Gasteiger partial charge in [0.1, 0.15) is 6.04 Å². The summed E-state index contributed by atoms with van der Waals surface area (Å²) in [6.45, 7) is 3.00. The van der Waals surface area contributed by atoms with E-state index in [0.717, 1.165) is 38.6 Å². The zero-order valence-electron chi connectivity index (χ0n) is 11.0. The van der Waals surface area contributed by atoms with Gasteiger partial charge in [0.25, 0.3) is 0 Å². The quantitative estimate of drug-likeness (QED) is 0.768. The molecule has 0 spiro atoms. The third kappa shape index (κ3) is 3.12. The van der Waals surface area contributed by atoms with E-state index in [1.807, 2.05) is 6.92 Å². The lowest BCUT2D eigenvalue weighted by atomic mass is 9.93. The standard InChI is InChI=1S/C14H22N2O2/c1-2-6-12-14(18)16(10-13(17)15-12)9-11-7-4-3-5-8-11/h3-4,11-12H,2,5-10H2,1H3,(H,15,17). The average molecular weight is 250 g/mol. The van der Waals surface area contributed by atoms with Gasteiger partial charge in [0, 0.05) is 6.54 Å². The van der Waals surface area contributed by atoms with Crippen LogP contribution in [-0.2, 0) is 9.59 Å². The van der Waals surface area contributed by atoms with E-state index < -0.39 is 0 Å². The minimum atomic E-state index is -0.296. The predicted octanol–water partition coefficient (Wildman–Crippen LogP) is 1.47. The van der Waals surface area contributed by atoms with Gasteiger partial charge in [0.05, 0.1) is 6.54 Å². The van der Waals surface area contributed by atoms with E-state index in [1.165, 1.54) is 0 Å². The van der Waals surface area contributed by atoms with Crippen LogP contribution in [0.4, 0.5) is 0 Å². The molecule has 1 heterocycles. The molecule has 0 bridgehead atoms. The molecule has 0 aromatic carbocycles. The molecule has 1 aliphatic carbocycles. The molecule has 2 atom stereocenters. The van der Waals surface area contributed by atoms with Gasteiger partial charge in [-0.25, -0.2) is 0 Å². The van der Waals surface area contributed by atoms with Crippen molar-refractivity contribution in [2.24, 2.45) is 5.92 Å². The molecule has 1 fully saturated rings. The molecule has 1 saturated heterocycles. The van der Waals surface area contributed by atoms with Gasteiger partial charge in [-0.05, 0) is 31.6 Å². The van der Waals surface area contributed by atoms with Gasteiger partial charge < -0.3 is 10.2 Å². The van der Waals surface area contributed by atoms with Gasteiger partial charge in [0.15, 0.2) is 0 Å². The van der Waals surface area contributed by atoms with E-state index in [9.17, 15) is 9.59 Å². The fraction of sp³-hybridized carbons (Fsp3) is 0.714. The number of nitrogens with one attached hydrogen (secondary N) is 1. The summed E-state index contributed by atoms with van der Waals surface area (Å²) in [5.74, 6) is 0.609. The van der Waals surface area contributed by atoms with Gasteiger partial charge in [-0.15, -0.1) is 0 Å². The van der Waals surface area contributed by atoms with E-state index in [-0.39, 0.29) is 24.4 Å². The van der Waals surface area contributed by atoms with Crippen LogP contribution in [0.3, 0.4) is 0 Å². The first-order valence-corrected chi connectivity index (χ1v) is 6.94. The monoisotopic (exact) mass is 250 g/mol. The SMILES string of the molecule is CCCC1NC(=O)CN(CC2CC=CCC2)C1=O. The Hall–Kier alpha value is -1.32. The number of allylic oxidation sites excluding steroid dienone is 2. The molecular weight excluding hydrogens is 228 g/mol. The smallest absolute Gasteiger partial charge is 0.245 e. The topological polar surface area (TPSA) is 49.4 Å². The molecule has 0 aromatic heterocycles. The second kappa shape index (κ2) is 6.03. The highest BCUT2D eigenvalue weighted by Crippen LogP contribution is 2.20. The van der Waals surface area contributed by atoms with Gasteiger partial charge in [-0.2, -0.15) is 0 Å². The molecule has 100 valence electrons. The molecule has 0 saturated carbocycles. The maximum Gasteiger partial charge on any atom is 0.245 e. The fourth-order valence-corrected chi connectivity index (χ4v) is 2.75. The van der Waals surface area contributed by atoms with E-state index in [2.05, 4.69) is 17.5 Å². The lowest BCUT2D eigenvalue weighted by molar-refractivity contribution is -0.145. The second-order valence-electron chi connectivity index (χ2n) is 5.28. The van der Waals surface area contributed by atoms with Crippen molar-refractivity contribution < 1.29 is 9.59 Å². The summed E-state index contributed by atoms with van der Waals surface area (Å²) in [5.41, 5.74) is 0. The molecule has 4 heteroatoms. The molecule has 4 nitrogen and oxygen atoms in total. The normalized spacial score (nSPS) is 28.4. The van der Waals surface area contributed by atoms with E-state index in [1.54, 1.807) is 4.90 Å². The van der Waals surface area contributed by atoms with E-state index in [4.69, 9.17) is 0 Å². The van der Waals surface area contributed by atoms with Crippen molar-refractivity contribution in [3.8, 4) is 0 Å². The average Bonchev–Trinajstić information content (AvgIpc) is 2.36. The van der Waals surface area contributed by atoms with Gasteiger partial charge >= 0.3 is 0 Å². The Labute approximate surface area is 108 Å². The van der Waals surface area contributed by atoms with Crippen LogP contribution in [0.2, 0.25) is 0 Å². The molecule has 2 rings (SSSR count). The van der Waals surface area contributed by atoms with Crippen LogP contribution in [0.1, 0.15) is 39.0 Å². The Balaban J connectivity index is 1.95. The minimum absolute atomic E-state index is 0.0144. The maximum atomic E-state index is 12.2. The van der Waals surface area contributed by atoms with Crippen LogP contribution in [0.25, 0.3) is 0 Å². The first-order valence-electron chi connectivity index (χ1n) is 6.94. The van der Waals surface area contributed by atoms with E-state index >= 15 is 0 Å². The third-order valence-electron chi connectivity index (χ3n) is 3.71. The predicted molar refractivity (Wildman–Crippen MR) is 69.9 cm³/mol. The summed E-state index contributed by atoms with van der Waals surface area (Å²) in [6.07, 6.45) is 9.29. The van der Waals surface area contributed by atoms with Crippen molar-refractivity contribution in [1.29, 1.82) is 0 Å². The number of carbonyl (C=O) groups is 2. The molecule has 1 aliphatic heterocycles.